The second-order valence-corrected chi connectivity index (χ2v) is 4.69. The molecule has 96 valence electrons. The quantitative estimate of drug-likeness (QED) is 0.634. The number of nitrogens with zero attached hydrogens (tertiary/aromatic N) is 1. The molecule has 2 aromatic rings. The largest absolute Gasteiger partial charge is 0.457 e. The molecule has 2 aromatic carbocycles. The Morgan fingerprint density at radius 3 is 2.37 bits per heavy atom. The minimum Gasteiger partial charge on any atom is -0.457 e. The van der Waals surface area contributed by atoms with E-state index in [1.807, 2.05) is 60.0 Å². The van der Waals surface area contributed by atoms with E-state index >= 15 is 0 Å². The van der Waals surface area contributed by atoms with E-state index in [4.69, 9.17) is 10.00 Å². The van der Waals surface area contributed by atoms with Crippen LogP contribution in [-0.4, -0.2) is 12.3 Å². The summed E-state index contributed by atoms with van der Waals surface area (Å²) in [6.07, 6.45) is 0. The van der Waals surface area contributed by atoms with Crippen LogP contribution in [0.5, 0.6) is 11.5 Å². The number of hydrogen-bond donors (Lipinski definition) is 1. The van der Waals surface area contributed by atoms with Crippen LogP contribution in [0.2, 0.25) is 0 Å². The number of benzene rings is 2. The minimum atomic E-state index is 0.775. The smallest absolute Gasteiger partial charge is 0.133 e. The van der Waals surface area contributed by atoms with Crippen LogP contribution in [-0.2, 0) is 0 Å². The summed E-state index contributed by atoms with van der Waals surface area (Å²) in [7, 11) is 0. The summed E-state index contributed by atoms with van der Waals surface area (Å²) in [5, 5.41) is 13.7. The fraction of sp³-hybridized carbons (Fsp3) is 0.133. The lowest BCUT2D eigenvalue weighted by atomic mass is 10.3. The number of anilines is 1. The van der Waals surface area contributed by atoms with Gasteiger partial charge in [-0.05, 0) is 48.2 Å². The van der Waals surface area contributed by atoms with Gasteiger partial charge in [-0.1, -0.05) is 18.2 Å². The molecule has 0 unspecified atom stereocenters. The van der Waals surface area contributed by atoms with Gasteiger partial charge in [-0.15, -0.1) is 0 Å². The molecule has 0 aliphatic rings. The van der Waals surface area contributed by atoms with Crippen LogP contribution in [0.15, 0.2) is 54.6 Å². The average Bonchev–Trinajstić information content (AvgIpc) is 2.46. The molecule has 2 rings (SSSR count). The summed E-state index contributed by atoms with van der Waals surface area (Å²) in [6.45, 7) is 0.775. The lowest BCUT2D eigenvalue weighted by Crippen LogP contribution is -2.03. The van der Waals surface area contributed by atoms with Gasteiger partial charge in [0.05, 0.1) is 0 Å². The Kier molecular flexibility index (Phi) is 5.15. The van der Waals surface area contributed by atoms with Crippen LogP contribution in [0.25, 0.3) is 0 Å². The maximum absolute atomic E-state index is 8.41. The van der Waals surface area contributed by atoms with Gasteiger partial charge in [0, 0.05) is 18.0 Å². The zero-order chi connectivity index (χ0) is 13.3. The third kappa shape index (κ3) is 4.57. The van der Waals surface area contributed by atoms with E-state index in [1.54, 1.807) is 0 Å². The summed E-state index contributed by atoms with van der Waals surface area (Å²) in [4.78, 5) is 0. The standard InChI is InChI=1S/C15H14N2OS/c16-12-19-11-10-17-13-6-8-15(9-7-13)18-14-4-2-1-3-5-14/h1-9,17H,10-11H2. The Hall–Kier alpha value is -2.12. The number of thiocyanates is 1. The molecule has 0 atom stereocenters. The topological polar surface area (TPSA) is 45.0 Å². The number of hydrogen-bond acceptors (Lipinski definition) is 4. The molecule has 0 fully saturated rings. The number of thioether (sulfide) groups is 1. The van der Waals surface area contributed by atoms with Crippen molar-refractivity contribution in [2.24, 2.45) is 0 Å². The van der Waals surface area contributed by atoms with Crippen molar-refractivity contribution in [3.05, 3.63) is 54.6 Å². The highest BCUT2D eigenvalue weighted by Gasteiger charge is 1.97. The summed E-state index contributed by atoms with van der Waals surface area (Å²) in [6, 6.07) is 17.5. The van der Waals surface area contributed by atoms with E-state index in [1.165, 1.54) is 11.8 Å². The van der Waals surface area contributed by atoms with E-state index in [0.717, 1.165) is 29.5 Å². The SMILES string of the molecule is N#CSCCNc1ccc(Oc2ccccc2)cc1. The average molecular weight is 270 g/mol. The Labute approximate surface area is 117 Å². The van der Waals surface area contributed by atoms with Crippen molar-refractivity contribution in [1.82, 2.24) is 0 Å². The van der Waals surface area contributed by atoms with Crippen molar-refractivity contribution in [2.45, 2.75) is 0 Å². The molecular formula is C15H14N2OS. The zero-order valence-corrected chi connectivity index (χ0v) is 11.2. The maximum Gasteiger partial charge on any atom is 0.133 e. The van der Waals surface area contributed by atoms with Crippen LogP contribution < -0.4 is 10.1 Å². The molecule has 0 bridgehead atoms. The molecule has 0 saturated carbocycles. The lowest BCUT2D eigenvalue weighted by Gasteiger charge is -2.08. The van der Waals surface area contributed by atoms with Crippen LogP contribution in [0, 0.1) is 10.7 Å². The van der Waals surface area contributed by atoms with Crippen molar-refractivity contribution in [1.29, 1.82) is 5.26 Å². The highest BCUT2D eigenvalue weighted by atomic mass is 32.2. The predicted molar refractivity (Wildman–Crippen MR) is 79.5 cm³/mol. The first-order chi connectivity index (χ1) is 9.38. The third-order valence-corrected chi connectivity index (χ3v) is 2.97. The van der Waals surface area contributed by atoms with Crippen LogP contribution in [0.4, 0.5) is 5.69 Å². The summed E-state index contributed by atoms with van der Waals surface area (Å²) >= 11 is 1.25. The molecule has 1 N–H and O–H groups in total. The molecule has 4 heteroatoms. The van der Waals surface area contributed by atoms with Crippen LogP contribution in [0.1, 0.15) is 0 Å². The van der Waals surface area contributed by atoms with Crippen LogP contribution >= 0.6 is 11.8 Å². The van der Waals surface area contributed by atoms with Gasteiger partial charge in [-0.3, -0.25) is 0 Å². The summed E-state index contributed by atoms with van der Waals surface area (Å²) < 4.78 is 5.70. The van der Waals surface area contributed by atoms with E-state index in [-0.39, 0.29) is 0 Å². The molecule has 0 aliphatic heterocycles. The number of nitriles is 1. The van der Waals surface area contributed by atoms with Gasteiger partial charge in [0.1, 0.15) is 16.9 Å². The van der Waals surface area contributed by atoms with E-state index in [0.29, 0.717) is 0 Å². The van der Waals surface area contributed by atoms with Gasteiger partial charge >= 0.3 is 0 Å². The van der Waals surface area contributed by atoms with Crippen molar-refractivity contribution < 1.29 is 4.74 Å². The first-order valence-corrected chi connectivity index (χ1v) is 6.95. The first-order valence-electron chi connectivity index (χ1n) is 5.96. The summed E-state index contributed by atoms with van der Waals surface area (Å²) in [5.41, 5.74) is 1.03. The normalized spacial score (nSPS) is 9.63. The Balaban J connectivity index is 1.86. The number of nitrogens with one attached hydrogen (secondary N) is 1. The van der Waals surface area contributed by atoms with Gasteiger partial charge in [0.25, 0.3) is 0 Å². The van der Waals surface area contributed by atoms with Crippen molar-refractivity contribution in [3.63, 3.8) is 0 Å². The fourth-order valence-electron chi connectivity index (χ4n) is 1.56. The van der Waals surface area contributed by atoms with Crippen LogP contribution in [0.3, 0.4) is 0 Å². The number of para-hydroxylation sites is 1. The molecule has 0 heterocycles. The highest BCUT2D eigenvalue weighted by molar-refractivity contribution is 8.03. The predicted octanol–water partition coefficient (Wildman–Crippen LogP) is 4.11. The molecular weight excluding hydrogens is 256 g/mol. The third-order valence-electron chi connectivity index (χ3n) is 2.43. The second kappa shape index (κ2) is 7.34. The maximum atomic E-state index is 8.41. The van der Waals surface area contributed by atoms with Gasteiger partial charge in [0.15, 0.2) is 0 Å². The second-order valence-electron chi connectivity index (χ2n) is 3.81. The molecule has 0 amide bonds. The fourth-order valence-corrected chi connectivity index (χ4v) is 1.85. The molecule has 19 heavy (non-hydrogen) atoms. The van der Waals surface area contributed by atoms with Crippen molar-refractivity contribution in [3.8, 4) is 16.9 Å². The minimum absolute atomic E-state index is 0.775. The van der Waals surface area contributed by atoms with Crippen molar-refractivity contribution >= 4 is 17.4 Å². The molecule has 3 nitrogen and oxygen atoms in total. The first kappa shape index (κ1) is 13.3. The molecule has 0 saturated heterocycles. The van der Waals surface area contributed by atoms with E-state index in [9.17, 15) is 0 Å². The number of rotatable bonds is 6. The number of ether oxygens (including phenoxy) is 1. The molecule has 0 radical (unpaired) electrons. The highest BCUT2D eigenvalue weighted by Crippen LogP contribution is 2.22. The Morgan fingerprint density at radius 2 is 1.68 bits per heavy atom. The van der Waals surface area contributed by atoms with Gasteiger partial charge in [0.2, 0.25) is 0 Å². The molecule has 0 aromatic heterocycles. The Bertz CT molecular complexity index is 534. The van der Waals surface area contributed by atoms with Gasteiger partial charge in [-0.2, -0.15) is 5.26 Å². The Morgan fingerprint density at radius 1 is 1.00 bits per heavy atom. The van der Waals surface area contributed by atoms with Crippen molar-refractivity contribution in [2.75, 3.05) is 17.6 Å². The van der Waals surface area contributed by atoms with E-state index in [2.05, 4.69) is 5.32 Å². The lowest BCUT2D eigenvalue weighted by molar-refractivity contribution is 0.483. The van der Waals surface area contributed by atoms with E-state index < -0.39 is 0 Å². The van der Waals surface area contributed by atoms with Gasteiger partial charge in [-0.25, -0.2) is 0 Å². The summed E-state index contributed by atoms with van der Waals surface area (Å²) in [5.74, 6) is 2.41. The zero-order valence-electron chi connectivity index (χ0n) is 10.4. The van der Waals surface area contributed by atoms with Gasteiger partial charge < -0.3 is 10.1 Å². The monoisotopic (exact) mass is 270 g/mol. The molecule has 0 spiro atoms. The molecule has 0 aliphatic carbocycles.